The molecule has 0 saturated heterocycles. The third-order valence-corrected chi connectivity index (χ3v) is 5.37. The molecule has 2 rings (SSSR count). The quantitative estimate of drug-likeness (QED) is 0.817. The van der Waals surface area contributed by atoms with Gasteiger partial charge in [0.2, 0.25) is 10.0 Å². The highest BCUT2D eigenvalue weighted by Gasteiger charge is 2.27. The van der Waals surface area contributed by atoms with Crippen LogP contribution in [0.5, 0.6) is 0 Å². The number of H-pyrrole nitrogens is 1. The number of methoxy groups -OCH3 is 1. The smallest absolute Gasteiger partial charge is 0.245 e. The lowest BCUT2D eigenvalue weighted by Gasteiger charge is -2.23. The molecule has 20 heavy (non-hydrogen) atoms. The number of benzene rings is 1. The average Bonchev–Trinajstić information content (AvgIpc) is 2.81. The Morgan fingerprint density at radius 2 is 2.15 bits per heavy atom. The molecule has 0 aliphatic carbocycles. The van der Waals surface area contributed by atoms with Gasteiger partial charge in [-0.2, -0.15) is 4.31 Å². The number of fused-ring (bicyclic) bond motifs is 1. The van der Waals surface area contributed by atoms with Gasteiger partial charge in [-0.05, 0) is 25.1 Å². The van der Waals surface area contributed by atoms with Crippen LogP contribution in [0.1, 0.15) is 6.92 Å². The van der Waals surface area contributed by atoms with Crippen LogP contribution in [0.15, 0.2) is 29.3 Å². The summed E-state index contributed by atoms with van der Waals surface area (Å²) in [5.41, 5.74) is 7.01. The van der Waals surface area contributed by atoms with E-state index in [9.17, 15) is 8.42 Å². The van der Waals surface area contributed by atoms with Crippen molar-refractivity contribution < 1.29 is 13.2 Å². The molecule has 0 spiro atoms. The van der Waals surface area contributed by atoms with Crippen molar-refractivity contribution in [2.75, 3.05) is 26.5 Å². The van der Waals surface area contributed by atoms with E-state index in [1.807, 2.05) is 0 Å². The number of nitrogens with one attached hydrogen (secondary N) is 1. The van der Waals surface area contributed by atoms with Crippen LogP contribution >= 0.6 is 0 Å². The summed E-state index contributed by atoms with van der Waals surface area (Å²) in [6.45, 7) is 2.13. The van der Waals surface area contributed by atoms with E-state index in [1.165, 1.54) is 10.5 Å². The van der Waals surface area contributed by atoms with Crippen LogP contribution < -0.4 is 5.73 Å². The highest BCUT2D eigenvalue weighted by molar-refractivity contribution is 7.89. The van der Waals surface area contributed by atoms with E-state index >= 15 is 0 Å². The molecule has 7 heteroatoms. The minimum Gasteiger partial charge on any atom is -0.399 e. The molecule has 0 aliphatic rings. The van der Waals surface area contributed by atoms with Crippen molar-refractivity contribution in [1.29, 1.82) is 0 Å². The van der Waals surface area contributed by atoms with Gasteiger partial charge in [0.1, 0.15) is 4.90 Å². The van der Waals surface area contributed by atoms with Gasteiger partial charge in [0.05, 0.1) is 6.61 Å². The standard InChI is InChI=1S/C13H19N3O3S/c1-9(8-19-3)16(2)20(17,18)13-7-15-12-5-4-10(14)6-11(12)13/h4-7,9,15H,8,14H2,1-3H3. The van der Waals surface area contributed by atoms with Crippen LogP contribution in [0.25, 0.3) is 10.9 Å². The van der Waals surface area contributed by atoms with E-state index in [1.54, 1.807) is 39.3 Å². The van der Waals surface area contributed by atoms with Gasteiger partial charge in [0.25, 0.3) is 0 Å². The van der Waals surface area contributed by atoms with Gasteiger partial charge in [-0.1, -0.05) is 0 Å². The van der Waals surface area contributed by atoms with Crippen LogP contribution in [0.3, 0.4) is 0 Å². The average molecular weight is 297 g/mol. The fourth-order valence-electron chi connectivity index (χ4n) is 2.06. The molecular weight excluding hydrogens is 278 g/mol. The second-order valence-corrected chi connectivity index (χ2v) is 6.75. The Morgan fingerprint density at radius 3 is 2.80 bits per heavy atom. The highest BCUT2D eigenvalue weighted by Crippen LogP contribution is 2.27. The number of rotatable bonds is 5. The molecule has 1 atom stereocenters. The molecule has 110 valence electrons. The van der Waals surface area contributed by atoms with Gasteiger partial charge in [-0.15, -0.1) is 0 Å². The van der Waals surface area contributed by atoms with Crippen LogP contribution in [0.2, 0.25) is 0 Å². The number of hydrogen-bond acceptors (Lipinski definition) is 4. The zero-order chi connectivity index (χ0) is 14.9. The first-order valence-corrected chi connectivity index (χ1v) is 7.65. The summed E-state index contributed by atoms with van der Waals surface area (Å²) < 4.78 is 31.6. The van der Waals surface area contributed by atoms with Crippen molar-refractivity contribution in [2.45, 2.75) is 17.9 Å². The van der Waals surface area contributed by atoms with Crippen LogP contribution in [0, 0.1) is 0 Å². The van der Waals surface area contributed by atoms with E-state index in [4.69, 9.17) is 10.5 Å². The Morgan fingerprint density at radius 1 is 1.45 bits per heavy atom. The Hall–Kier alpha value is -1.57. The van der Waals surface area contributed by atoms with Crippen LogP contribution in [-0.4, -0.2) is 44.5 Å². The predicted molar refractivity (Wildman–Crippen MR) is 79.0 cm³/mol. The van der Waals surface area contributed by atoms with Gasteiger partial charge in [0, 0.05) is 43.0 Å². The molecule has 1 heterocycles. The third kappa shape index (κ3) is 2.52. The monoisotopic (exact) mass is 297 g/mol. The number of aromatic nitrogens is 1. The van der Waals surface area contributed by atoms with Crippen molar-refractivity contribution in [3.63, 3.8) is 0 Å². The molecular formula is C13H19N3O3S. The van der Waals surface area contributed by atoms with Gasteiger partial charge >= 0.3 is 0 Å². The largest absolute Gasteiger partial charge is 0.399 e. The van der Waals surface area contributed by atoms with E-state index in [0.717, 1.165) is 5.52 Å². The summed E-state index contributed by atoms with van der Waals surface area (Å²) in [4.78, 5) is 3.18. The normalized spacial score (nSPS) is 14.0. The molecule has 1 aromatic heterocycles. The molecule has 0 aliphatic heterocycles. The minimum atomic E-state index is -3.59. The lowest BCUT2D eigenvalue weighted by Crippen LogP contribution is -2.37. The summed E-state index contributed by atoms with van der Waals surface area (Å²) in [5, 5.41) is 0.599. The predicted octanol–water partition coefficient (Wildman–Crippen LogP) is 1.41. The maximum atomic E-state index is 12.6. The number of nitrogens with zero attached hydrogens (tertiary/aromatic N) is 1. The number of hydrogen-bond donors (Lipinski definition) is 2. The van der Waals surface area contributed by atoms with Crippen LogP contribution in [-0.2, 0) is 14.8 Å². The fourth-order valence-corrected chi connectivity index (χ4v) is 3.56. The molecule has 0 saturated carbocycles. The van der Waals surface area contributed by atoms with E-state index in [-0.39, 0.29) is 10.9 Å². The van der Waals surface area contributed by atoms with Crippen molar-refractivity contribution in [3.05, 3.63) is 24.4 Å². The number of sulfonamides is 1. The number of anilines is 1. The lowest BCUT2D eigenvalue weighted by molar-refractivity contribution is 0.149. The maximum absolute atomic E-state index is 12.6. The Kier molecular flexibility index (Phi) is 4.03. The number of ether oxygens (including phenoxy) is 1. The zero-order valence-corrected chi connectivity index (χ0v) is 12.6. The molecule has 0 radical (unpaired) electrons. The van der Waals surface area contributed by atoms with Crippen LogP contribution in [0.4, 0.5) is 5.69 Å². The second kappa shape index (κ2) is 5.43. The molecule has 1 aromatic carbocycles. The molecule has 6 nitrogen and oxygen atoms in total. The summed E-state index contributed by atoms with van der Waals surface area (Å²) >= 11 is 0. The summed E-state index contributed by atoms with van der Waals surface area (Å²) in [6, 6.07) is 4.90. The Balaban J connectivity index is 2.49. The summed E-state index contributed by atoms with van der Waals surface area (Å²) in [5.74, 6) is 0. The number of likely N-dealkylation sites (N-methyl/N-ethyl adjacent to an activating group) is 1. The first-order valence-electron chi connectivity index (χ1n) is 6.21. The molecule has 3 N–H and O–H groups in total. The van der Waals surface area contributed by atoms with Gasteiger partial charge < -0.3 is 15.5 Å². The van der Waals surface area contributed by atoms with E-state index in [2.05, 4.69) is 4.98 Å². The number of nitrogens with two attached hydrogens (primary N) is 1. The number of nitrogen functional groups attached to an aromatic ring is 1. The molecule has 0 bridgehead atoms. The van der Waals surface area contributed by atoms with Crippen molar-refractivity contribution >= 4 is 26.6 Å². The molecule has 2 aromatic rings. The van der Waals surface area contributed by atoms with Gasteiger partial charge in [-0.3, -0.25) is 0 Å². The topological polar surface area (TPSA) is 88.4 Å². The second-order valence-electron chi connectivity index (χ2n) is 4.78. The number of aromatic amines is 1. The van der Waals surface area contributed by atoms with Gasteiger partial charge in [0.15, 0.2) is 0 Å². The lowest BCUT2D eigenvalue weighted by atomic mass is 10.2. The van der Waals surface area contributed by atoms with Crippen molar-refractivity contribution in [3.8, 4) is 0 Å². The fraction of sp³-hybridized carbons (Fsp3) is 0.385. The van der Waals surface area contributed by atoms with Crippen molar-refractivity contribution in [2.24, 2.45) is 0 Å². The minimum absolute atomic E-state index is 0.227. The summed E-state index contributed by atoms with van der Waals surface area (Å²) in [7, 11) is -0.503. The highest BCUT2D eigenvalue weighted by atomic mass is 32.2. The Labute approximate surface area is 118 Å². The first kappa shape index (κ1) is 14.8. The Bertz CT molecular complexity index is 709. The summed E-state index contributed by atoms with van der Waals surface area (Å²) in [6.07, 6.45) is 1.50. The van der Waals surface area contributed by atoms with Crippen molar-refractivity contribution in [1.82, 2.24) is 9.29 Å². The zero-order valence-electron chi connectivity index (χ0n) is 11.8. The van der Waals surface area contributed by atoms with E-state index < -0.39 is 10.0 Å². The molecule has 1 unspecified atom stereocenters. The van der Waals surface area contributed by atoms with E-state index in [0.29, 0.717) is 17.7 Å². The maximum Gasteiger partial charge on any atom is 0.245 e. The van der Waals surface area contributed by atoms with Gasteiger partial charge in [-0.25, -0.2) is 8.42 Å². The molecule has 0 fully saturated rings. The molecule has 0 amide bonds. The first-order chi connectivity index (χ1) is 9.37. The SMILES string of the molecule is COCC(C)N(C)S(=O)(=O)c1c[nH]c2ccc(N)cc12. The third-order valence-electron chi connectivity index (χ3n) is 3.35.